The second-order valence-corrected chi connectivity index (χ2v) is 6.04. The van der Waals surface area contributed by atoms with E-state index < -0.39 is 23.8 Å². The van der Waals surface area contributed by atoms with Crippen LogP contribution in [0.15, 0.2) is 29.3 Å². The maximum Gasteiger partial charge on any atom is 0.335 e. The quantitative estimate of drug-likeness (QED) is 0.547. The first-order valence-corrected chi connectivity index (χ1v) is 8.56. The number of likely N-dealkylation sites (N-methyl/N-ethyl adjacent to an activating group) is 1. The molecule has 4 amide bonds. The fourth-order valence-electron chi connectivity index (χ4n) is 2.67. The topological polar surface area (TPSA) is 83.3 Å². The van der Waals surface area contributed by atoms with Crippen LogP contribution in [0.2, 0.25) is 0 Å². The highest BCUT2D eigenvalue weighted by Gasteiger charge is 2.40. The Labute approximate surface area is 147 Å². The van der Waals surface area contributed by atoms with E-state index in [-0.39, 0.29) is 0 Å². The third-order valence-corrected chi connectivity index (χ3v) is 4.34. The molecule has 1 fully saturated rings. The fraction of sp³-hybridized carbons (Fsp3) is 0.444. The molecule has 0 spiro atoms. The Morgan fingerprint density at radius 3 is 2.40 bits per heavy atom. The van der Waals surface area contributed by atoms with Gasteiger partial charge in [0, 0.05) is 6.21 Å². The Hall–Kier alpha value is -2.54. The average molecular weight is 345 g/mol. The number of quaternary nitrogens is 1. The van der Waals surface area contributed by atoms with Crippen molar-refractivity contribution < 1.29 is 19.3 Å². The predicted molar refractivity (Wildman–Crippen MR) is 96.0 cm³/mol. The van der Waals surface area contributed by atoms with Crippen LogP contribution in [-0.4, -0.2) is 50.2 Å². The number of nitrogens with one attached hydrogen (secondary N) is 2. The molecule has 1 aliphatic rings. The molecule has 7 nitrogen and oxygen atoms in total. The SMILES string of the molecule is CC[NH+](CC)CCN=CC1C(=O)NC(=O)N(c2ccc(C)cc2)C1=O. The summed E-state index contributed by atoms with van der Waals surface area (Å²) in [6, 6.07) is 6.25. The zero-order chi connectivity index (χ0) is 18.4. The Kier molecular flexibility index (Phi) is 6.41. The zero-order valence-electron chi connectivity index (χ0n) is 14.9. The van der Waals surface area contributed by atoms with E-state index in [1.54, 1.807) is 12.1 Å². The maximum atomic E-state index is 12.6. The number of hydrogen-bond donors (Lipinski definition) is 2. The van der Waals surface area contributed by atoms with Gasteiger partial charge in [-0.15, -0.1) is 0 Å². The Bertz CT molecular complexity index is 665. The monoisotopic (exact) mass is 345 g/mol. The van der Waals surface area contributed by atoms with Gasteiger partial charge in [-0.3, -0.25) is 19.9 Å². The second kappa shape index (κ2) is 8.53. The summed E-state index contributed by atoms with van der Waals surface area (Å²) in [5.41, 5.74) is 1.45. The molecule has 25 heavy (non-hydrogen) atoms. The van der Waals surface area contributed by atoms with E-state index in [1.165, 1.54) is 11.1 Å². The van der Waals surface area contributed by atoms with Gasteiger partial charge < -0.3 is 4.90 Å². The molecule has 1 aromatic carbocycles. The number of amides is 4. The maximum absolute atomic E-state index is 12.6. The number of imide groups is 2. The average Bonchev–Trinajstić information content (AvgIpc) is 2.59. The fourth-order valence-corrected chi connectivity index (χ4v) is 2.67. The lowest BCUT2D eigenvalue weighted by Crippen LogP contribution is -3.11. The van der Waals surface area contributed by atoms with E-state index in [1.807, 2.05) is 19.1 Å². The van der Waals surface area contributed by atoms with Crippen LogP contribution >= 0.6 is 0 Å². The summed E-state index contributed by atoms with van der Waals surface area (Å²) in [4.78, 5) is 43.3. The predicted octanol–water partition coefficient (Wildman–Crippen LogP) is 0.190. The number of benzene rings is 1. The Morgan fingerprint density at radius 1 is 1.16 bits per heavy atom. The molecule has 1 heterocycles. The largest absolute Gasteiger partial charge is 0.335 e. The van der Waals surface area contributed by atoms with Gasteiger partial charge in [0.15, 0.2) is 5.92 Å². The summed E-state index contributed by atoms with van der Waals surface area (Å²) >= 11 is 0. The van der Waals surface area contributed by atoms with Gasteiger partial charge in [0.2, 0.25) is 5.91 Å². The van der Waals surface area contributed by atoms with Crippen molar-refractivity contribution in [3.05, 3.63) is 29.8 Å². The van der Waals surface area contributed by atoms with Gasteiger partial charge in [0.25, 0.3) is 5.91 Å². The number of aryl methyl sites for hydroxylation is 1. The number of hydrogen-bond acceptors (Lipinski definition) is 4. The number of carbonyl (C=O) groups excluding carboxylic acids is 3. The van der Waals surface area contributed by atoms with Crippen LogP contribution in [0.3, 0.4) is 0 Å². The number of aliphatic imine (C=N–C) groups is 1. The molecule has 0 bridgehead atoms. The third-order valence-electron chi connectivity index (χ3n) is 4.34. The van der Waals surface area contributed by atoms with Crippen LogP contribution in [-0.2, 0) is 9.59 Å². The van der Waals surface area contributed by atoms with Crippen LogP contribution in [0.4, 0.5) is 10.5 Å². The number of carbonyl (C=O) groups is 3. The van der Waals surface area contributed by atoms with Gasteiger partial charge in [-0.1, -0.05) is 17.7 Å². The lowest BCUT2D eigenvalue weighted by molar-refractivity contribution is -0.894. The van der Waals surface area contributed by atoms with Crippen LogP contribution in [0.1, 0.15) is 19.4 Å². The van der Waals surface area contributed by atoms with Crippen molar-refractivity contribution in [1.82, 2.24) is 5.32 Å². The van der Waals surface area contributed by atoms with Crippen LogP contribution in [0, 0.1) is 12.8 Å². The lowest BCUT2D eigenvalue weighted by atomic mass is 10.1. The minimum atomic E-state index is -1.08. The summed E-state index contributed by atoms with van der Waals surface area (Å²) in [6.07, 6.45) is 1.36. The number of anilines is 1. The molecule has 0 radical (unpaired) electrons. The van der Waals surface area contributed by atoms with Crippen molar-refractivity contribution >= 4 is 29.7 Å². The number of urea groups is 1. The zero-order valence-corrected chi connectivity index (χ0v) is 14.9. The van der Waals surface area contributed by atoms with E-state index in [0.717, 1.165) is 30.1 Å². The molecule has 0 aromatic heterocycles. The molecule has 134 valence electrons. The Balaban J connectivity index is 2.10. The van der Waals surface area contributed by atoms with E-state index in [9.17, 15) is 14.4 Å². The number of nitrogens with zero attached hydrogens (tertiary/aromatic N) is 2. The highest BCUT2D eigenvalue weighted by Crippen LogP contribution is 2.20. The molecule has 0 aliphatic carbocycles. The molecule has 1 aromatic rings. The van der Waals surface area contributed by atoms with Gasteiger partial charge in [-0.25, -0.2) is 9.69 Å². The minimum absolute atomic E-state index is 0.437. The van der Waals surface area contributed by atoms with Crippen molar-refractivity contribution in [2.45, 2.75) is 20.8 Å². The van der Waals surface area contributed by atoms with Gasteiger partial charge in [-0.05, 0) is 32.9 Å². The lowest BCUT2D eigenvalue weighted by Gasteiger charge is -2.28. The van der Waals surface area contributed by atoms with Crippen LogP contribution in [0.5, 0.6) is 0 Å². The first-order chi connectivity index (χ1) is 12.0. The molecule has 0 saturated carbocycles. The standard InChI is InChI=1S/C18H24N4O3/c1-4-21(5-2)11-10-19-12-15-16(23)20-18(25)22(17(15)24)14-8-6-13(3)7-9-14/h6-9,12,15H,4-5,10-11H2,1-3H3,(H,20,23,25)/p+1. The summed E-state index contributed by atoms with van der Waals surface area (Å²) in [5, 5.41) is 2.23. The molecular formula is C18H25N4O3+. The molecule has 7 heteroatoms. The Morgan fingerprint density at radius 2 is 1.80 bits per heavy atom. The first-order valence-electron chi connectivity index (χ1n) is 8.56. The molecule has 1 atom stereocenters. The molecule has 1 saturated heterocycles. The van der Waals surface area contributed by atoms with Crippen molar-refractivity contribution in [2.75, 3.05) is 31.1 Å². The number of barbiturate groups is 1. The first kappa shape index (κ1) is 18.8. The van der Waals surface area contributed by atoms with Gasteiger partial charge in [0.1, 0.15) is 0 Å². The van der Waals surface area contributed by atoms with E-state index in [0.29, 0.717) is 12.2 Å². The second-order valence-electron chi connectivity index (χ2n) is 6.04. The highest BCUT2D eigenvalue weighted by molar-refractivity contribution is 6.32. The van der Waals surface area contributed by atoms with E-state index in [4.69, 9.17) is 0 Å². The van der Waals surface area contributed by atoms with Crippen molar-refractivity contribution in [3.63, 3.8) is 0 Å². The van der Waals surface area contributed by atoms with Crippen molar-refractivity contribution in [2.24, 2.45) is 10.9 Å². The van der Waals surface area contributed by atoms with Gasteiger partial charge >= 0.3 is 6.03 Å². The summed E-state index contributed by atoms with van der Waals surface area (Å²) in [7, 11) is 0. The molecule has 1 unspecified atom stereocenters. The smallest absolute Gasteiger partial charge is 0.334 e. The number of rotatable bonds is 7. The molecular weight excluding hydrogens is 320 g/mol. The van der Waals surface area contributed by atoms with Crippen LogP contribution in [0.25, 0.3) is 0 Å². The summed E-state index contributed by atoms with van der Waals surface area (Å²) in [6.45, 7) is 9.50. The van der Waals surface area contributed by atoms with Gasteiger partial charge in [0.05, 0.1) is 31.9 Å². The van der Waals surface area contributed by atoms with Gasteiger partial charge in [-0.2, -0.15) is 0 Å². The third kappa shape index (κ3) is 4.51. The van der Waals surface area contributed by atoms with E-state index in [2.05, 4.69) is 24.2 Å². The molecule has 2 N–H and O–H groups in total. The summed E-state index contributed by atoms with van der Waals surface area (Å²) in [5.74, 6) is -2.28. The van der Waals surface area contributed by atoms with E-state index >= 15 is 0 Å². The molecule has 2 rings (SSSR count). The highest BCUT2D eigenvalue weighted by atomic mass is 16.2. The van der Waals surface area contributed by atoms with Crippen molar-refractivity contribution in [3.8, 4) is 0 Å². The summed E-state index contributed by atoms with van der Waals surface area (Å²) < 4.78 is 0. The van der Waals surface area contributed by atoms with Crippen LogP contribution < -0.4 is 15.1 Å². The normalized spacial score (nSPS) is 18.3. The van der Waals surface area contributed by atoms with Crippen molar-refractivity contribution in [1.29, 1.82) is 0 Å². The minimum Gasteiger partial charge on any atom is -0.334 e. The molecule has 1 aliphatic heterocycles.